The van der Waals surface area contributed by atoms with Gasteiger partial charge in [-0.1, -0.05) is 17.3 Å². The first kappa shape index (κ1) is 16.1. The second-order valence-corrected chi connectivity index (χ2v) is 5.37. The number of amides is 1. The van der Waals surface area contributed by atoms with E-state index in [-0.39, 0.29) is 23.5 Å². The van der Waals surface area contributed by atoms with Crippen LogP contribution in [-0.4, -0.2) is 53.0 Å². The van der Waals surface area contributed by atoms with Gasteiger partial charge in [0.25, 0.3) is 5.91 Å². The normalized spacial score (nSPS) is 12.4. The Morgan fingerprint density at radius 1 is 1.36 bits per heavy atom. The van der Waals surface area contributed by atoms with E-state index < -0.39 is 0 Å². The van der Waals surface area contributed by atoms with Crippen LogP contribution in [0.5, 0.6) is 0 Å². The Balaban J connectivity index is 2.01. The molecule has 1 aromatic carbocycles. The molecule has 0 aliphatic rings. The average molecular weight is 305 g/mol. The molecule has 2 aromatic rings. The lowest BCUT2D eigenvalue weighted by Crippen LogP contribution is -2.31. The highest BCUT2D eigenvalue weighted by atomic mass is 19.1. The number of hydrogen-bond acceptors (Lipinski definition) is 4. The van der Waals surface area contributed by atoms with Gasteiger partial charge in [0, 0.05) is 13.1 Å². The molecule has 118 valence electrons. The predicted molar refractivity (Wildman–Crippen MR) is 81.1 cm³/mol. The van der Waals surface area contributed by atoms with Gasteiger partial charge < -0.3 is 10.2 Å². The van der Waals surface area contributed by atoms with Crippen LogP contribution in [0.15, 0.2) is 30.5 Å². The van der Waals surface area contributed by atoms with E-state index in [1.54, 1.807) is 23.0 Å². The molecule has 0 aliphatic heterocycles. The Kier molecular flexibility index (Phi) is 5.21. The van der Waals surface area contributed by atoms with Gasteiger partial charge in [-0.25, -0.2) is 9.07 Å². The van der Waals surface area contributed by atoms with Crippen LogP contribution in [0.1, 0.15) is 29.0 Å². The molecule has 2 rings (SSSR count). The molecule has 0 spiro atoms. The number of carbonyl (C=O) groups excluding carboxylic acids is 1. The number of benzene rings is 1. The molecular formula is C15H20FN5O. The quantitative estimate of drug-likeness (QED) is 0.874. The third-order valence-corrected chi connectivity index (χ3v) is 3.34. The van der Waals surface area contributed by atoms with Crippen molar-refractivity contribution in [1.82, 2.24) is 25.2 Å². The minimum absolute atomic E-state index is 0.128. The monoisotopic (exact) mass is 305 g/mol. The van der Waals surface area contributed by atoms with Crippen LogP contribution in [0, 0.1) is 5.82 Å². The lowest BCUT2D eigenvalue weighted by Gasteiger charge is -2.11. The molecule has 1 aromatic heterocycles. The second-order valence-electron chi connectivity index (χ2n) is 5.37. The second kappa shape index (κ2) is 7.13. The third-order valence-electron chi connectivity index (χ3n) is 3.34. The molecular weight excluding hydrogens is 285 g/mol. The Hall–Kier alpha value is -2.28. The Bertz CT molecular complexity index is 623. The fourth-order valence-electron chi connectivity index (χ4n) is 1.95. The molecule has 0 fully saturated rings. The topological polar surface area (TPSA) is 63.1 Å². The van der Waals surface area contributed by atoms with E-state index in [2.05, 4.69) is 15.6 Å². The summed E-state index contributed by atoms with van der Waals surface area (Å²) in [7, 11) is 3.87. The summed E-state index contributed by atoms with van der Waals surface area (Å²) in [5.41, 5.74) is 1.17. The fraction of sp³-hybridized carbons (Fsp3) is 0.400. The number of nitrogens with zero attached hydrogens (tertiary/aromatic N) is 4. The van der Waals surface area contributed by atoms with Gasteiger partial charge in [-0.15, -0.1) is 5.10 Å². The summed E-state index contributed by atoms with van der Waals surface area (Å²) in [5, 5.41) is 10.7. The van der Waals surface area contributed by atoms with Gasteiger partial charge in [-0.2, -0.15) is 0 Å². The van der Waals surface area contributed by atoms with Crippen molar-refractivity contribution in [3.05, 3.63) is 47.5 Å². The van der Waals surface area contributed by atoms with Crippen molar-refractivity contribution in [3.63, 3.8) is 0 Å². The van der Waals surface area contributed by atoms with Crippen LogP contribution < -0.4 is 5.32 Å². The molecule has 1 atom stereocenters. The van der Waals surface area contributed by atoms with Gasteiger partial charge in [0.05, 0.1) is 12.2 Å². The van der Waals surface area contributed by atoms with Gasteiger partial charge >= 0.3 is 0 Å². The maximum atomic E-state index is 12.9. The van der Waals surface area contributed by atoms with Gasteiger partial charge in [0.2, 0.25) is 0 Å². The molecule has 1 amide bonds. The largest absolute Gasteiger partial charge is 0.349 e. The Morgan fingerprint density at radius 3 is 2.68 bits per heavy atom. The molecule has 0 bridgehead atoms. The molecule has 0 saturated carbocycles. The van der Waals surface area contributed by atoms with Crippen molar-refractivity contribution in [2.75, 3.05) is 27.2 Å². The number of nitrogens with one attached hydrogen (secondary N) is 1. The van der Waals surface area contributed by atoms with E-state index >= 15 is 0 Å². The number of carbonyl (C=O) groups is 1. The minimum atomic E-state index is -0.282. The van der Waals surface area contributed by atoms with E-state index in [1.165, 1.54) is 12.1 Å². The first-order valence-electron chi connectivity index (χ1n) is 7.07. The Labute approximate surface area is 128 Å². The third kappa shape index (κ3) is 4.11. The van der Waals surface area contributed by atoms with Gasteiger partial charge in [-0.3, -0.25) is 4.79 Å². The predicted octanol–water partition coefficient (Wildman–Crippen LogP) is 1.32. The maximum absolute atomic E-state index is 12.9. The molecule has 1 N–H and O–H groups in total. The zero-order valence-electron chi connectivity index (χ0n) is 13.0. The molecule has 7 heteroatoms. The summed E-state index contributed by atoms with van der Waals surface area (Å²) in [4.78, 5) is 13.9. The zero-order chi connectivity index (χ0) is 16.1. The highest BCUT2D eigenvalue weighted by Crippen LogP contribution is 2.17. The number of likely N-dealkylation sites (N-methyl/N-ethyl adjacent to an activating group) is 1. The molecule has 6 nitrogen and oxygen atoms in total. The van der Waals surface area contributed by atoms with E-state index in [1.807, 2.05) is 25.9 Å². The molecule has 0 aliphatic carbocycles. The minimum Gasteiger partial charge on any atom is -0.349 e. The molecule has 0 unspecified atom stereocenters. The summed E-state index contributed by atoms with van der Waals surface area (Å²) in [6.45, 7) is 3.22. The fourth-order valence-corrected chi connectivity index (χ4v) is 1.95. The molecule has 0 radical (unpaired) electrons. The summed E-state index contributed by atoms with van der Waals surface area (Å²) in [6.07, 6.45) is 1.60. The average Bonchev–Trinajstić information content (AvgIpc) is 2.96. The van der Waals surface area contributed by atoms with Crippen LogP contribution in [0.2, 0.25) is 0 Å². The van der Waals surface area contributed by atoms with Crippen molar-refractivity contribution in [2.24, 2.45) is 0 Å². The van der Waals surface area contributed by atoms with Crippen LogP contribution in [0.4, 0.5) is 4.39 Å². The van der Waals surface area contributed by atoms with E-state index in [9.17, 15) is 9.18 Å². The SMILES string of the molecule is C[C@H](c1ccc(F)cc1)n1cc(C(=O)NCCN(C)C)nn1. The van der Waals surface area contributed by atoms with Gasteiger partial charge in [0.15, 0.2) is 5.69 Å². The number of hydrogen-bond donors (Lipinski definition) is 1. The smallest absolute Gasteiger partial charge is 0.273 e. The molecule has 0 saturated heterocycles. The summed E-state index contributed by atoms with van der Waals surface area (Å²) >= 11 is 0. The van der Waals surface area contributed by atoms with E-state index in [0.717, 1.165) is 12.1 Å². The van der Waals surface area contributed by atoms with Crippen LogP contribution >= 0.6 is 0 Å². The highest BCUT2D eigenvalue weighted by molar-refractivity contribution is 5.91. The number of halogens is 1. The van der Waals surface area contributed by atoms with E-state index in [4.69, 9.17) is 0 Å². The Morgan fingerprint density at radius 2 is 2.05 bits per heavy atom. The van der Waals surface area contributed by atoms with Gasteiger partial charge in [-0.05, 0) is 38.7 Å². The van der Waals surface area contributed by atoms with Crippen LogP contribution in [-0.2, 0) is 0 Å². The summed E-state index contributed by atoms with van der Waals surface area (Å²) in [5.74, 6) is -0.532. The first-order valence-corrected chi connectivity index (χ1v) is 7.07. The number of aromatic nitrogens is 3. The molecule has 1 heterocycles. The van der Waals surface area contributed by atoms with Crippen molar-refractivity contribution < 1.29 is 9.18 Å². The first-order chi connectivity index (χ1) is 10.5. The van der Waals surface area contributed by atoms with Crippen LogP contribution in [0.3, 0.4) is 0 Å². The van der Waals surface area contributed by atoms with Crippen molar-refractivity contribution in [3.8, 4) is 0 Å². The lowest BCUT2D eigenvalue weighted by atomic mass is 10.1. The van der Waals surface area contributed by atoms with Crippen LogP contribution in [0.25, 0.3) is 0 Å². The standard InChI is InChI=1S/C15H20FN5O/c1-11(12-4-6-13(16)7-5-12)21-10-14(18-19-21)15(22)17-8-9-20(2)3/h4-7,10-11H,8-9H2,1-3H3,(H,17,22)/t11-/m1/s1. The van der Waals surface area contributed by atoms with Crippen molar-refractivity contribution >= 4 is 5.91 Å². The van der Waals surface area contributed by atoms with Crippen molar-refractivity contribution in [1.29, 1.82) is 0 Å². The summed E-state index contributed by atoms with van der Waals surface area (Å²) < 4.78 is 14.5. The van der Waals surface area contributed by atoms with Gasteiger partial charge in [0.1, 0.15) is 5.82 Å². The van der Waals surface area contributed by atoms with Crippen molar-refractivity contribution in [2.45, 2.75) is 13.0 Å². The molecule has 22 heavy (non-hydrogen) atoms. The summed E-state index contributed by atoms with van der Waals surface area (Å²) in [6, 6.07) is 6.06. The maximum Gasteiger partial charge on any atom is 0.273 e. The lowest BCUT2D eigenvalue weighted by molar-refractivity contribution is 0.0946. The van der Waals surface area contributed by atoms with E-state index in [0.29, 0.717) is 6.54 Å². The number of rotatable bonds is 6. The zero-order valence-corrected chi connectivity index (χ0v) is 13.0. The highest BCUT2D eigenvalue weighted by Gasteiger charge is 2.14.